The first-order valence-corrected chi connectivity index (χ1v) is 9.71. The summed E-state index contributed by atoms with van der Waals surface area (Å²) in [5.41, 5.74) is 4.85. The number of hydrogen-bond acceptors (Lipinski definition) is 3. The van der Waals surface area contributed by atoms with Gasteiger partial charge in [0.05, 0.1) is 11.7 Å². The van der Waals surface area contributed by atoms with Crippen molar-refractivity contribution in [3.8, 4) is 0 Å². The average Bonchev–Trinajstić information content (AvgIpc) is 2.68. The Balaban J connectivity index is 1.66. The number of rotatable bonds is 10. The molecule has 1 N–H and O–H groups in total. The molecule has 3 heteroatoms. The van der Waals surface area contributed by atoms with Crippen LogP contribution in [0.1, 0.15) is 60.7 Å². The van der Waals surface area contributed by atoms with Crippen LogP contribution < -0.4 is 5.32 Å². The van der Waals surface area contributed by atoms with Crippen molar-refractivity contribution in [1.82, 2.24) is 5.32 Å². The first-order chi connectivity index (χ1) is 12.6. The molecule has 2 rings (SSSR count). The first kappa shape index (κ1) is 20.2. The van der Waals surface area contributed by atoms with Gasteiger partial charge in [-0.1, -0.05) is 50.2 Å². The molecule has 0 aromatic heterocycles. The Morgan fingerprint density at radius 1 is 1.04 bits per heavy atom. The van der Waals surface area contributed by atoms with Crippen LogP contribution in [0.4, 0.5) is 0 Å². The smallest absolute Gasteiger partial charge is 0.338 e. The van der Waals surface area contributed by atoms with Crippen LogP contribution in [0.25, 0.3) is 0 Å². The molecule has 0 spiro atoms. The normalized spacial score (nSPS) is 12.0. The minimum absolute atomic E-state index is 0.0694. The number of ether oxygens (including phenoxy) is 1. The molecule has 0 aliphatic carbocycles. The van der Waals surface area contributed by atoms with Crippen LogP contribution >= 0.6 is 0 Å². The van der Waals surface area contributed by atoms with E-state index in [-0.39, 0.29) is 12.1 Å². The number of nitrogens with one attached hydrogen (secondary N) is 1. The van der Waals surface area contributed by atoms with Crippen LogP contribution in [0.2, 0.25) is 0 Å². The topological polar surface area (TPSA) is 38.3 Å². The fraction of sp³-hybridized carbons (Fsp3) is 0.435. The second kappa shape index (κ2) is 10.8. The monoisotopic (exact) mass is 353 g/mol. The van der Waals surface area contributed by atoms with Gasteiger partial charge in [0.2, 0.25) is 0 Å². The second-order valence-corrected chi connectivity index (χ2v) is 6.71. The van der Waals surface area contributed by atoms with E-state index in [4.69, 9.17) is 4.74 Å². The molecule has 2 aromatic rings. The number of esters is 1. The molecule has 0 saturated carbocycles. The molecule has 0 radical (unpaired) electrons. The van der Waals surface area contributed by atoms with E-state index in [1.54, 1.807) is 12.1 Å². The molecule has 140 valence electrons. The van der Waals surface area contributed by atoms with Gasteiger partial charge < -0.3 is 10.1 Å². The number of aryl methyl sites for hydroxylation is 2. The average molecular weight is 354 g/mol. The predicted octanol–water partition coefficient (Wildman–Crippen LogP) is 4.93. The first-order valence-electron chi connectivity index (χ1n) is 9.71. The maximum absolute atomic E-state index is 12.0. The van der Waals surface area contributed by atoms with Gasteiger partial charge in [-0.25, -0.2) is 4.79 Å². The maximum Gasteiger partial charge on any atom is 0.338 e. The SMILES string of the molecule is CCc1ccc(CNCCCC(C)OC(=O)c2ccccc2)cc1CC. The molecule has 0 bridgehead atoms. The summed E-state index contributed by atoms with van der Waals surface area (Å²) < 4.78 is 5.49. The van der Waals surface area contributed by atoms with Gasteiger partial charge in [-0.2, -0.15) is 0 Å². The van der Waals surface area contributed by atoms with Crippen molar-refractivity contribution < 1.29 is 9.53 Å². The second-order valence-electron chi connectivity index (χ2n) is 6.71. The van der Waals surface area contributed by atoms with Crippen LogP contribution in [0.15, 0.2) is 48.5 Å². The fourth-order valence-corrected chi connectivity index (χ4v) is 3.09. The molecule has 0 saturated heterocycles. The molecule has 2 aromatic carbocycles. The molecular formula is C23H31NO2. The van der Waals surface area contributed by atoms with Gasteiger partial charge >= 0.3 is 5.97 Å². The summed E-state index contributed by atoms with van der Waals surface area (Å²) in [6.45, 7) is 8.18. The highest BCUT2D eigenvalue weighted by atomic mass is 16.5. The van der Waals surface area contributed by atoms with Crippen molar-refractivity contribution in [3.63, 3.8) is 0 Å². The zero-order valence-corrected chi connectivity index (χ0v) is 16.3. The van der Waals surface area contributed by atoms with E-state index in [0.29, 0.717) is 5.56 Å². The summed E-state index contributed by atoms with van der Waals surface area (Å²) in [6.07, 6.45) is 3.95. The van der Waals surface area contributed by atoms with Crippen molar-refractivity contribution in [3.05, 3.63) is 70.8 Å². The standard InChI is InChI=1S/C23H31NO2/c1-4-20-14-13-19(16-21(20)5-2)17-24-15-9-10-18(3)26-23(25)22-11-7-6-8-12-22/h6-8,11-14,16,18,24H,4-5,9-10,15,17H2,1-3H3. The Hall–Kier alpha value is -2.13. The lowest BCUT2D eigenvalue weighted by molar-refractivity contribution is 0.0321. The van der Waals surface area contributed by atoms with Crippen molar-refractivity contribution in [2.45, 2.75) is 59.1 Å². The van der Waals surface area contributed by atoms with E-state index in [9.17, 15) is 4.79 Å². The number of hydrogen-bond donors (Lipinski definition) is 1. The van der Waals surface area contributed by atoms with E-state index in [2.05, 4.69) is 37.4 Å². The lowest BCUT2D eigenvalue weighted by Crippen LogP contribution is -2.19. The molecule has 0 aliphatic heterocycles. The van der Waals surface area contributed by atoms with Gasteiger partial charge in [-0.15, -0.1) is 0 Å². The quantitative estimate of drug-likeness (QED) is 0.486. The van der Waals surface area contributed by atoms with Gasteiger partial charge in [0.15, 0.2) is 0 Å². The summed E-state index contributed by atoms with van der Waals surface area (Å²) in [5, 5.41) is 3.49. The lowest BCUT2D eigenvalue weighted by Gasteiger charge is -2.14. The summed E-state index contributed by atoms with van der Waals surface area (Å²) in [7, 11) is 0. The van der Waals surface area contributed by atoms with Crippen LogP contribution in [0, 0.1) is 0 Å². The van der Waals surface area contributed by atoms with Gasteiger partial charge in [-0.3, -0.25) is 0 Å². The van der Waals surface area contributed by atoms with E-state index >= 15 is 0 Å². The Labute approximate surface area is 157 Å². The van der Waals surface area contributed by atoms with Crippen molar-refractivity contribution in [2.24, 2.45) is 0 Å². The number of benzene rings is 2. The zero-order valence-electron chi connectivity index (χ0n) is 16.3. The van der Waals surface area contributed by atoms with Crippen LogP contribution in [-0.2, 0) is 24.1 Å². The molecule has 0 amide bonds. The van der Waals surface area contributed by atoms with Crippen LogP contribution in [0.3, 0.4) is 0 Å². The molecule has 26 heavy (non-hydrogen) atoms. The van der Waals surface area contributed by atoms with Gasteiger partial charge in [0, 0.05) is 6.54 Å². The van der Waals surface area contributed by atoms with Crippen LogP contribution in [-0.4, -0.2) is 18.6 Å². The molecular weight excluding hydrogens is 322 g/mol. The zero-order chi connectivity index (χ0) is 18.8. The minimum atomic E-state index is -0.242. The molecule has 1 unspecified atom stereocenters. The molecule has 1 atom stereocenters. The molecule has 0 aliphatic rings. The third kappa shape index (κ3) is 6.30. The summed E-state index contributed by atoms with van der Waals surface area (Å²) in [6, 6.07) is 15.9. The van der Waals surface area contributed by atoms with E-state index in [0.717, 1.165) is 38.8 Å². The van der Waals surface area contributed by atoms with E-state index in [1.165, 1.54) is 16.7 Å². The highest BCUT2D eigenvalue weighted by molar-refractivity contribution is 5.89. The predicted molar refractivity (Wildman–Crippen MR) is 107 cm³/mol. The summed E-state index contributed by atoms with van der Waals surface area (Å²) in [5.74, 6) is -0.242. The summed E-state index contributed by atoms with van der Waals surface area (Å²) >= 11 is 0. The van der Waals surface area contributed by atoms with Crippen molar-refractivity contribution in [1.29, 1.82) is 0 Å². The molecule has 0 heterocycles. The maximum atomic E-state index is 12.0. The van der Waals surface area contributed by atoms with Gasteiger partial charge in [-0.05, 0) is 68.0 Å². The number of carbonyl (C=O) groups excluding carboxylic acids is 1. The Kier molecular flexibility index (Phi) is 8.36. The number of carbonyl (C=O) groups is 1. The minimum Gasteiger partial charge on any atom is -0.459 e. The third-order valence-electron chi connectivity index (χ3n) is 4.64. The highest BCUT2D eigenvalue weighted by Crippen LogP contribution is 2.14. The summed E-state index contributed by atoms with van der Waals surface area (Å²) in [4.78, 5) is 12.0. The van der Waals surface area contributed by atoms with E-state index < -0.39 is 0 Å². The van der Waals surface area contributed by atoms with Gasteiger partial charge in [0.1, 0.15) is 0 Å². The van der Waals surface area contributed by atoms with Crippen molar-refractivity contribution >= 4 is 5.97 Å². The molecule has 0 fully saturated rings. The van der Waals surface area contributed by atoms with Crippen molar-refractivity contribution in [2.75, 3.05) is 6.54 Å². The lowest BCUT2D eigenvalue weighted by atomic mass is 10.00. The Morgan fingerprint density at radius 3 is 2.46 bits per heavy atom. The van der Waals surface area contributed by atoms with Crippen LogP contribution in [0.5, 0.6) is 0 Å². The largest absolute Gasteiger partial charge is 0.459 e. The fourth-order valence-electron chi connectivity index (χ4n) is 3.09. The highest BCUT2D eigenvalue weighted by Gasteiger charge is 2.11. The molecule has 3 nitrogen and oxygen atoms in total. The Morgan fingerprint density at radius 2 is 1.77 bits per heavy atom. The van der Waals surface area contributed by atoms with E-state index in [1.807, 2.05) is 25.1 Å². The third-order valence-corrected chi connectivity index (χ3v) is 4.64. The van der Waals surface area contributed by atoms with Gasteiger partial charge in [0.25, 0.3) is 0 Å². The Bertz CT molecular complexity index is 682.